The molecule has 2 aromatic rings. The van der Waals surface area contributed by atoms with Crippen molar-refractivity contribution >= 4 is 0 Å². The van der Waals surface area contributed by atoms with Crippen LogP contribution in [0.25, 0.3) is 11.1 Å². The van der Waals surface area contributed by atoms with E-state index in [1.807, 2.05) is 19.2 Å². The Morgan fingerprint density at radius 3 is 2.33 bits per heavy atom. The maximum absolute atomic E-state index is 15.4. The fraction of sp³-hybridized carbons (Fsp3) is 0.538. The maximum Gasteiger partial charge on any atom is 0.123 e. The summed E-state index contributed by atoms with van der Waals surface area (Å²) in [6.07, 6.45) is 0.942. The van der Waals surface area contributed by atoms with Crippen molar-refractivity contribution in [1.82, 2.24) is 10.2 Å². The van der Waals surface area contributed by atoms with Crippen molar-refractivity contribution in [2.75, 3.05) is 26.7 Å². The molecule has 1 unspecified atom stereocenters. The number of nitrogens with one attached hydrogen (secondary N) is 1. The summed E-state index contributed by atoms with van der Waals surface area (Å²) in [6, 6.07) is 14.2. The largest absolute Gasteiger partial charge is 0.507 e. The number of phenols is 1. The number of benzene rings is 2. The lowest BCUT2D eigenvalue weighted by Gasteiger charge is -2.52. The van der Waals surface area contributed by atoms with Crippen LogP contribution in [-0.4, -0.2) is 42.9 Å². The third-order valence-electron chi connectivity index (χ3n) is 7.02. The minimum Gasteiger partial charge on any atom is -0.507 e. The van der Waals surface area contributed by atoms with Crippen LogP contribution in [0.5, 0.6) is 5.75 Å². The summed E-state index contributed by atoms with van der Waals surface area (Å²) in [4.78, 5) is 2.18. The van der Waals surface area contributed by atoms with E-state index in [-0.39, 0.29) is 16.6 Å². The molecule has 0 amide bonds. The van der Waals surface area contributed by atoms with E-state index >= 15 is 4.39 Å². The van der Waals surface area contributed by atoms with Gasteiger partial charge >= 0.3 is 0 Å². The van der Waals surface area contributed by atoms with Gasteiger partial charge in [-0.2, -0.15) is 0 Å². The number of phenolic OH excluding ortho intramolecular Hbond substituents is 1. The van der Waals surface area contributed by atoms with Gasteiger partial charge in [-0.15, -0.1) is 0 Å². The van der Waals surface area contributed by atoms with Crippen LogP contribution in [0.4, 0.5) is 4.39 Å². The number of aromatic hydroxyl groups is 1. The Morgan fingerprint density at radius 1 is 1.13 bits per heavy atom. The highest BCUT2D eigenvalue weighted by atomic mass is 19.1. The quantitative estimate of drug-likeness (QED) is 0.665. The van der Waals surface area contributed by atoms with Gasteiger partial charge in [0.1, 0.15) is 11.9 Å². The summed E-state index contributed by atoms with van der Waals surface area (Å²) < 4.78 is 15.4. The second kappa shape index (κ2) is 9.07. The SMILES string of the molecule is CCc1ccc(-c2ccc(CN3CC[C@](CNC)(C(C)(C)C)C(F)C3)cc2O)cc1. The van der Waals surface area contributed by atoms with Crippen molar-refractivity contribution in [3.8, 4) is 16.9 Å². The van der Waals surface area contributed by atoms with Gasteiger partial charge < -0.3 is 10.4 Å². The summed E-state index contributed by atoms with van der Waals surface area (Å²) in [5.74, 6) is 0.282. The monoisotopic (exact) mass is 412 g/mol. The second-order valence-corrected chi connectivity index (χ2v) is 9.79. The third-order valence-corrected chi connectivity index (χ3v) is 7.02. The number of halogens is 1. The van der Waals surface area contributed by atoms with Gasteiger partial charge in [0.05, 0.1) is 0 Å². The number of aryl methyl sites for hydroxylation is 1. The summed E-state index contributed by atoms with van der Waals surface area (Å²) >= 11 is 0. The molecule has 2 N–H and O–H groups in total. The molecule has 0 aromatic heterocycles. The maximum atomic E-state index is 15.4. The Morgan fingerprint density at radius 2 is 1.80 bits per heavy atom. The van der Waals surface area contributed by atoms with E-state index in [2.05, 4.69) is 68.2 Å². The van der Waals surface area contributed by atoms with Crippen molar-refractivity contribution in [2.24, 2.45) is 10.8 Å². The molecular weight excluding hydrogens is 375 g/mol. The van der Waals surface area contributed by atoms with Gasteiger partial charge in [0, 0.05) is 30.6 Å². The number of piperidine rings is 1. The molecule has 3 nitrogen and oxygen atoms in total. The van der Waals surface area contributed by atoms with Crippen molar-refractivity contribution in [2.45, 2.75) is 53.3 Å². The first-order valence-electron chi connectivity index (χ1n) is 11.1. The third kappa shape index (κ3) is 4.55. The number of rotatable bonds is 6. The Labute approximate surface area is 181 Å². The fourth-order valence-electron chi connectivity index (χ4n) is 4.87. The van der Waals surface area contributed by atoms with Crippen LogP contribution >= 0.6 is 0 Å². The predicted molar refractivity (Wildman–Crippen MR) is 124 cm³/mol. The first kappa shape index (κ1) is 22.8. The molecule has 0 saturated carbocycles. The second-order valence-electron chi connectivity index (χ2n) is 9.79. The van der Waals surface area contributed by atoms with Crippen LogP contribution < -0.4 is 5.32 Å². The van der Waals surface area contributed by atoms with Crippen LogP contribution in [0.1, 0.15) is 45.2 Å². The summed E-state index contributed by atoms with van der Waals surface area (Å²) in [7, 11) is 1.91. The van der Waals surface area contributed by atoms with Crippen LogP contribution in [0.15, 0.2) is 42.5 Å². The first-order chi connectivity index (χ1) is 14.2. The Kier molecular flexibility index (Phi) is 6.88. The molecular formula is C26H37FN2O. The molecule has 1 aliphatic heterocycles. The molecule has 1 heterocycles. The summed E-state index contributed by atoms with van der Waals surface area (Å²) in [6.45, 7) is 11.2. The van der Waals surface area contributed by atoms with E-state index < -0.39 is 6.17 Å². The van der Waals surface area contributed by atoms with Crippen molar-refractivity contribution in [3.05, 3.63) is 53.6 Å². The van der Waals surface area contributed by atoms with Crippen molar-refractivity contribution in [3.63, 3.8) is 0 Å². The molecule has 0 radical (unpaired) electrons. The number of hydrogen-bond donors (Lipinski definition) is 2. The van der Waals surface area contributed by atoms with Crippen molar-refractivity contribution in [1.29, 1.82) is 0 Å². The predicted octanol–water partition coefficient (Wildman–Crippen LogP) is 5.42. The number of alkyl halides is 1. The number of nitrogens with zero attached hydrogens (tertiary/aromatic N) is 1. The Hall–Kier alpha value is -1.91. The molecule has 164 valence electrons. The minimum absolute atomic E-state index is 0.102. The highest BCUT2D eigenvalue weighted by Crippen LogP contribution is 2.48. The first-order valence-corrected chi connectivity index (χ1v) is 11.1. The summed E-state index contributed by atoms with van der Waals surface area (Å²) in [5, 5.41) is 13.8. The molecule has 2 aromatic carbocycles. The van der Waals surface area contributed by atoms with E-state index in [0.29, 0.717) is 19.6 Å². The van der Waals surface area contributed by atoms with Crippen LogP contribution in [0.2, 0.25) is 0 Å². The molecule has 3 rings (SSSR count). The summed E-state index contributed by atoms with van der Waals surface area (Å²) in [5.41, 5.74) is 3.70. The fourth-order valence-corrected chi connectivity index (χ4v) is 4.87. The van der Waals surface area contributed by atoms with Gasteiger partial charge in [-0.05, 0) is 54.6 Å². The molecule has 0 bridgehead atoms. The van der Waals surface area contributed by atoms with Gasteiger partial charge in [0.2, 0.25) is 0 Å². The molecule has 1 saturated heterocycles. The van der Waals surface area contributed by atoms with E-state index in [1.54, 1.807) is 0 Å². The zero-order valence-electron chi connectivity index (χ0n) is 19.1. The Balaban J connectivity index is 1.71. The topological polar surface area (TPSA) is 35.5 Å². The van der Waals surface area contributed by atoms with Gasteiger partial charge in [0.15, 0.2) is 0 Å². The minimum atomic E-state index is -0.886. The molecule has 1 aliphatic rings. The standard InChI is InChI=1S/C26H37FN2O/c1-6-19-7-10-21(11-8-19)22-12-9-20(15-23(22)30)16-29-14-13-26(18-28-5,24(27)17-29)25(2,3)4/h7-12,15,24,28,30H,6,13-14,16-18H2,1-5H3/t24?,26-/m1/s1. The van der Waals surface area contributed by atoms with Crippen molar-refractivity contribution < 1.29 is 9.50 Å². The van der Waals surface area contributed by atoms with Gasteiger partial charge in [-0.1, -0.05) is 64.1 Å². The molecule has 4 heteroatoms. The zero-order valence-corrected chi connectivity index (χ0v) is 19.1. The average Bonchev–Trinajstić information content (AvgIpc) is 2.69. The Bertz CT molecular complexity index is 843. The lowest BCUT2D eigenvalue weighted by Crippen LogP contribution is -2.58. The van der Waals surface area contributed by atoms with E-state index in [4.69, 9.17) is 0 Å². The smallest absolute Gasteiger partial charge is 0.123 e. The molecule has 2 atom stereocenters. The van der Waals surface area contributed by atoms with E-state index in [9.17, 15) is 5.11 Å². The van der Waals surface area contributed by atoms with Crippen LogP contribution in [-0.2, 0) is 13.0 Å². The molecule has 0 aliphatic carbocycles. The number of likely N-dealkylation sites (tertiary alicyclic amines) is 1. The lowest BCUT2D eigenvalue weighted by atomic mass is 9.60. The zero-order chi connectivity index (χ0) is 21.9. The molecule has 1 fully saturated rings. The van der Waals surface area contributed by atoms with Gasteiger partial charge in [0.25, 0.3) is 0 Å². The van der Waals surface area contributed by atoms with Gasteiger partial charge in [-0.25, -0.2) is 4.39 Å². The lowest BCUT2D eigenvalue weighted by molar-refractivity contribution is -0.0667. The molecule has 30 heavy (non-hydrogen) atoms. The van der Waals surface area contributed by atoms with Gasteiger partial charge in [-0.3, -0.25) is 4.90 Å². The normalized spacial score (nSPS) is 22.9. The van der Waals surface area contributed by atoms with E-state index in [0.717, 1.165) is 36.1 Å². The van der Waals surface area contributed by atoms with E-state index in [1.165, 1.54) is 5.56 Å². The number of hydrogen-bond acceptors (Lipinski definition) is 3. The highest BCUT2D eigenvalue weighted by molar-refractivity contribution is 5.70. The molecule has 0 spiro atoms. The van der Waals surface area contributed by atoms with Crippen LogP contribution in [0, 0.1) is 10.8 Å². The average molecular weight is 413 g/mol. The van der Waals surface area contributed by atoms with Crippen LogP contribution in [0.3, 0.4) is 0 Å². The highest BCUT2D eigenvalue weighted by Gasteiger charge is 2.50.